The summed E-state index contributed by atoms with van der Waals surface area (Å²) in [5, 5.41) is 0.455. The van der Waals surface area contributed by atoms with Crippen molar-refractivity contribution in [3.8, 4) is 0 Å². The van der Waals surface area contributed by atoms with Gasteiger partial charge in [0.25, 0.3) is 5.91 Å². The van der Waals surface area contributed by atoms with Crippen LogP contribution in [0, 0.1) is 5.82 Å². The number of nitrogens with zero attached hydrogens (tertiary/aromatic N) is 1. The summed E-state index contributed by atoms with van der Waals surface area (Å²) in [5.74, 6) is -0.525. The molecule has 0 spiro atoms. The van der Waals surface area contributed by atoms with Crippen molar-refractivity contribution in [2.75, 3.05) is 11.4 Å². The van der Waals surface area contributed by atoms with Crippen molar-refractivity contribution >= 4 is 23.4 Å². The summed E-state index contributed by atoms with van der Waals surface area (Å²) in [6, 6.07) is 13.8. The fraction of sp³-hybridized carbons (Fsp3) is 0.235. The van der Waals surface area contributed by atoms with Gasteiger partial charge in [-0.2, -0.15) is 0 Å². The smallest absolute Gasteiger partial charge is 0.258 e. The van der Waals surface area contributed by atoms with Crippen LogP contribution in [0.1, 0.15) is 23.7 Å². The van der Waals surface area contributed by atoms with Crippen molar-refractivity contribution in [2.24, 2.45) is 0 Å². The molecule has 0 aromatic heterocycles. The molecule has 1 amide bonds. The van der Waals surface area contributed by atoms with Crippen molar-refractivity contribution in [3.63, 3.8) is 0 Å². The zero-order valence-electron chi connectivity index (χ0n) is 11.8. The van der Waals surface area contributed by atoms with Gasteiger partial charge in [0.05, 0.1) is 5.69 Å². The van der Waals surface area contributed by atoms with Crippen molar-refractivity contribution in [3.05, 3.63) is 59.9 Å². The van der Waals surface area contributed by atoms with Crippen LogP contribution < -0.4 is 4.90 Å². The maximum absolute atomic E-state index is 13.4. The minimum absolute atomic E-state index is 0.142. The normalized spacial score (nSPS) is 18.0. The number of carbonyl (C=O) groups is 1. The van der Waals surface area contributed by atoms with Crippen LogP contribution in [0.3, 0.4) is 0 Å². The first-order valence-corrected chi connectivity index (χ1v) is 7.86. The number of amides is 1. The molecular weight excluding hydrogens is 285 g/mol. The second kappa shape index (κ2) is 5.90. The average molecular weight is 301 g/mol. The van der Waals surface area contributed by atoms with Crippen molar-refractivity contribution in [1.82, 2.24) is 0 Å². The van der Waals surface area contributed by atoms with Gasteiger partial charge >= 0.3 is 0 Å². The monoisotopic (exact) mass is 301 g/mol. The topological polar surface area (TPSA) is 20.3 Å². The van der Waals surface area contributed by atoms with E-state index in [1.165, 1.54) is 12.1 Å². The lowest BCUT2D eigenvalue weighted by Gasteiger charge is -2.22. The predicted molar refractivity (Wildman–Crippen MR) is 84.5 cm³/mol. The van der Waals surface area contributed by atoms with Crippen LogP contribution in [0.15, 0.2) is 53.4 Å². The van der Waals surface area contributed by atoms with Gasteiger partial charge in [0.15, 0.2) is 0 Å². The molecule has 1 aliphatic rings. The van der Waals surface area contributed by atoms with Gasteiger partial charge < -0.3 is 4.90 Å². The minimum Gasteiger partial charge on any atom is -0.307 e. The molecule has 2 aromatic carbocycles. The summed E-state index contributed by atoms with van der Waals surface area (Å²) in [6.45, 7) is 2.82. The highest BCUT2D eigenvalue weighted by atomic mass is 32.2. The highest BCUT2D eigenvalue weighted by Crippen LogP contribution is 2.37. The van der Waals surface area contributed by atoms with Crippen LogP contribution in [0.25, 0.3) is 0 Å². The van der Waals surface area contributed by atoms with E-state index in [4.69, 9.17) is 0 Å². The Morgan fingerprint density at radius 2 is 2.05 bits per heavy atom. The molecule has 4 heteroatoms. The third kappa shape index (κ3) is 2.95. The van der Waals surface area contributed by atoms with E-state index in [9.17, 15) is 9.18 Å². The number of fused-ring (bicyclic) bond motifs is 1. The quantitative estimate of drug-likeness (QED) is 0.780. The Bertz CT molecular complexity index is 673. The lowest BCUT2D eigenvalue weighted by Crippen LogP contribution is -2.32. The van der Waals surface area contributed by atoms with Gasteiger partial charge in [0.1, 0.15) is 5.82 Å². The van der Waals surface area contributed by atoms with Gasteiger partial charge in [-0.3, -0.25) is 4.79 Å². The largest absolute Gasteiger partial charge is 0.307 e. The molecule has 1 aliphatic heterocycles. The summed E-state index contributed by atoms with van der Waals surface area (Å²) in [5.41, 5.74) is 1.31. The fourth-order valence-corrected chi connectivity index (χ4v) is 3.59. The van der Waals surface area contributed by atoms with Crippen LogP contribution in [-0.4, -0.2) is 17.7 Å². The molecule has 0 saturated heterocycles. The average Bonchev–Trinajstić information content (AvgIpc) is 2.65. The Morgan fingerprint density at radius 3 is 2.86 bits per heavy atom. The fourth-order valence-electron chi connectivity index (χ4n) is 2.48. The number of carbonyl (C=O) groups excluding carboxylic acids is 1. The number of benzene rings is 2. The van der Waals surface area contributed by atoms with Crippen LogP contribution in [0.4, 0.5) is 10.1 Å². The van der Waals surface area contributed by atoms with E-state index in [1.54, 1.807) is 28.8 Å². The number of hydrogen-bond donors (Lipinski definition) is 0. The second-order valence-corrected chi connectivity index (χ2v) is 6.63. The second-order valence-electron chi connectivity index (χ2n) is 5.15. The van der Waals surface area contributed by atoms with Crippen LogP contribution in [0.2, 0.25) is 0 Å². The standard InChI is InChI=1S/C17H16FNOS/c1-12-9-10-19(15-7-2-3-8-16(15)21-12)17(20)13-5-4-6-14(18)11-13/h2-8,11-12H,9-10H2,1H3/t12-/m1/s1. The lowest BCUT2D eigenvalue weighted by atomic mass is 10.1. The van der Waals surface area contributed by atoms with E-state index < -0.39 is 0 Å². The Kier molecular flexibility index (Phi) is 3.97. The summed E-state index contributed by atoms with van der Waals surface area (Å²) in [7, 11) is 0. The van der Waals surface area contributed by atoms with Gasteiger partial charge in [-0.05, 0) is 36.8 Å². The van der Waals surface area contributed by atoms with E-state index in [1.807, 2.05) is 24.3 Å². The molecule has 0 bridgehead atoms. The Morgan fingerprint density at radius 1 is 1.24 bits per heavy atom. The van der Waals surface area contributed by atoms with Gasteiger partial charge in [-0.1, -0.05) is 25.1 Å². The summed E-state index contributed by atoms with van der Waals surface area (Å²) in [6.07, 6.45) is 0.917. The Hall–Kier alpha value is -1.81. The molecule has 1 atom stereocenters. The van der Waals surface area contributed by atoms with Gasteiger partial charge in [-0.15, -0.1) is 11.8 Å². The number of anilines is 1. The lowest BCUT2D eigenvalue weighted by molar-refractivity contribution is 0.0986. The maximum Gasteiger partial charge on any atom is 0.258 e. The molecule has 0 N–H and O–H groups in total. The number of para-hydroxylation sites is 1. The highest BCUT2D eigenvalue weighted by molar-refractivity contribution is 8.00. The first kappa shape index (κ1) is 14.1. The molecule has 0 radical (unpaired) electrons. The predicted octanol–water partition coefficient (Wildman–Crippen LogP) is 4.36. The molecule has 0 saturated carbocycles. The Labute approximate surface area is 128 Å². The van der Waals surface area contributed by atoms with Crippen molar-refractivity contribution in [1.29, 1.82) is 0 Å². The molecule has 3 rings (SSSR count). The molecule has 21 heavy (non-hydrogen) atoms. The third-order valence-corrected chi connectivity index (χ3v) is 4.80. The number of hydrogen-bond acceptors (Lipinski definition) is 2. The van der Waals surface area contributed by atoms with E-state index >= 15 is 0 Å². The number of rotatable bonds is 1. The molecule has 0 fully saturated rings. The van der Waals surface area contributed by atoms with Gasteiger partial charge in [0.2, 0.25) is 0 Å². The van der Waals surface area contributed by atoms with Gasteiger partial charge in [-0.25, -0.2) is 4.39 Å². The third-order valence-electron chi connectivity index (χ3n) is 3.56. The van der Waals surface area contributed by atoms with E-state index in [-0.39, 0.29) is 11.7 Å². The molecule has 2 aromatic rings. The Balaban J connectivity index is 2.00. The van der Waals surface area contributed by atoms with Crippen LogP contribution >= 0.6 is 11.8 Å². The molecule has 0 aliphatic carbocycles. The van der Waals surface area contributed by atoms with Crippen LogP contribution in [0.5, 0.6) is 0 Å². The number of thioether (sulfide) groups is 1. The molecule has 108 valence electrons. The van der Waals surface area contributed by atoms with E-state index in [0.29, 0.717) is 17.4 Å². The minimum atomic E-state index is -0.383. The maximum atomic E-state index is 13.4. The summed E-state index contributed by atoms with van der Waals surface area (Å²) in [4.78, 5) is 15.6. The molecular formula is C17H16FNOS. The van der Waals surface area contributed by atoms with Gasteiger partial charge in [0, 0.05) is 22.3 Å². The molecule has 1 heterocycles. The summed E-state index contributed by atoms with van der Waals surface area (Å²) >= 11 is 1.78. The zero-order valence-corrected chi connectivity index (χ0v) is 12.6. The molecule has 0 unspecified atom stereocenters. The van der Waals surface area contributed by atoms with Crippen molar-refractivity contribution < 1.29 is 9.18 Å². The van der Waals surface area contributed by atoms with E-state index in [2.05, 4.69) is 6.92 Å². The zero-order chi connectivity index (χ0) is 14.8. The first-order chi connectivity index (χ1) is 10.1. The number of halogens is 1. The molecule has 2 nitrogen and oxygen atoms in total. The van der Waals surface area contributed by atoms with E-state index in [0.717, 1.165) is 17.0 Å². The summed E-state index contributed by atoms with van der Waals surface area (Å²) < 4.78 is 13.4. The van der Waals surface area contributed by atoms with Crippen LogP contribution in [-0.2, 0) is 0 Å². The van der Waals surface area contributed by atoms with Crippen molar-refractivity contribution in [2.45, 2.75) is 23.5 Å². The SMILES string of the molecule is C[C@@H]1CCN(C(=O)c2cccc(F)c2)c2ccccc2S1. The first-order valence-electron chi connectivity index (χ1n) is 6.98. The highest BCUT2D eigenvalue weighted by Gasteiger charge is 2.24.